The molecule has 112 valence electrons. The monoisotopic (exact) mass is 283 g/mol. The van der Waals surface area contributed by atoms with Gasteiger partial charge in [-0.05, 0) is 25.2 Å². The highest BCUT2D eigenvalue weighted by molar-refractivity contribution is 5.87. The molecule has 4 atom stereocenters. The van der Waals surface area contributed by atoms with Crippen LogP contribution in [0.3, 0.4) is 0 Å². The van der Waals surface area contributed by atoms with Crippen LogP contribution >= 0.6 is 0 Å². The third-order valence-electron chi connectivity index (χ3n) is 4.72. The number of nitrogens with zero attached hydrogens (tertiary/aromatic N) is 1. The Morgan fingerprint density at radius 1 is 1.15 bits per heavy atom. The van der Waals surface area contributed by atoms with Crippen LogP contribution in [0.2, 0.25) is 0 Å². The number of carboxylic acids is 1. The van der Waals surface area contributed by atoms with Crippen LogP contribution in [0.1, 0.15) is 32.1 Å². The average Bonchev–Trinajstić information content (AvgIpc) is 2.87. The van der Waals surface area contributed by atoms with Gasteiger partial charge in [0.25, 0.3) is 5.91 Å². The topological polar surface area (TPSA) is 76.1 Å². The van der Waals surface area contributed by atoms with Gasteiger partial charge >= 0.3 is 5.97 Å². The Balaban J connectivity index is 1.79. The van der Waals surface area contributed by atoms with E-state index in [2.05, 4.69) is 0 Å². The molecule has 0 unspecified atom stereocenters. The van der Waals surface area contributed by atoms with Gasteiger partial charge in [-0.15, -0.1) is 0 Å². The number of carboxylic acid groups (broad SMARTS) is 1. The molecule has 6 nitrogen and oxygen atoms in total. The smallest absolute Gasteiger partial charge is 0.326 e. The van der Waals surface area contributed by atoms with Crippen LogP contribution in [0.5, 0.6) is 0 Å². The van der Waals surface area contributed by atoms with Gasteiger partial charge in [0, 0.05) is 6.04 Å². The fourth-order valence-electron chi connectivity index (χ4n) is 3.79. The van der Waals surface area contributed by atoms with Crippen molar-refractivity contribution >= 4 is 11.9 Å². The highest BCUT2D eigenvalue weighted by Gasteiger charge is 2.49. The zero-order valence-corrected chi connectivity index (χ0v) is 11.5. The summed E-state index contributed by atoms with van der Waals surface area (Å²) in [6, 6.07) is -0.621. The molecular weight excluding hydrogens is 262 g/mol. The van der Waals surface area contributed by atoms with E-state index in [4.69, 9.17) is 9.47 Å². The van der Waals surface area contributed by atoms with Gasteiger partial charge in [0.2, 0.25) is 0 Å². The lowest BCUT2D eigenvalue weighted by atomic mass is 9.84. The minimum atomic E-state index is -0.899. The number of likely N-dealkylation sites (tertiary alicyclic amines) is 1. The van der Waals surface area contributed by atoms with Crippen LogP contribution in [0, 0.1) is 5.92 Å². The summed E-state index contributed by atoms with van der Waals surface area (Å²) >= 11 is 0. The lowest BCUT2D eigenvalue weighted by Gasteiger charge is -2.35. The molecule has 0 aromatic carbocycles. The normalized spacial score (nSPS) is 37.5. The first-order valence-corrected chi connectivity index (χ1v) is 7.43. The van der Waals surface area contributed by atoms with Crippen molar-refractivity contribution in [1.82, 2.24) is 4.90 Å². The van der Waals surface area contributed by atoms with Crippen molar-refractivity contribution in [3.63, 3.8) is 0 Å². The fraction of sp³-hybridized carbons (Fsp3) is 0.857. The molecule has 0 bridgehead atoms. The minimum Gasteiger partial charge on any atom is -0.480 e. The second-order valence-electron chi connectivity index (χ2n) is 5.88. The molecule has 6 heteroatoms. The highest BCUT2D eigenvalue weighted by atomic mass is 16.6. The van der Waals surface area contributed by atoms with E-state index in [1.54, 1.807) is 4.90 Å². The Morgan fingerprint density at radius 3 is 2.65 bits per heavy atom. The SMILES string of the molecule is O=C(O)[C@@H]1C[C@@H]2CCCC[C@@H]2N1C(=O)[C@H]1COCCO1. The molecule has 2 heterocycles. The summed E-state index contributed by atoms with van der Waals surface area (Å²) in [6.07, 6.45) is 4.09. The third kappa shape index (κ3) is 2.42. The summed E-state index contributed by atoms with van der Waals surface area (Å²) in [5.74, 6) is -0.769. The molecule has 1 aliphatic carbocycles. The van der Waals surface area contributed by atoms with Crippen molar-refractivity contribution in [2.75, 3.05) is 19.8 Å². The molecule has 3 aliphatic rings. The van der Waals surface area contributed by atoms with Crippen molar-refractivity contribution in [2.24, 2.45) is 5.92 Å². The second kappa shape index (κ2) is 5.69. The molecule has 0 spiro atoms. The van der Waals surface area contributed by atoms with E-state index < -0.39 is 18.1 Å². The summed E-state index contributed by atoms with van der Waals surface area (Å²) in [7, 11) is 0. The van der Waals surface area contributed by atoms with Crippen LogP contribution < -0.4 is 0 Å². The van der Waals surface area contributed by atoms with E-state index in [-0.39, 0.29) is 18.6 Å². The summed E-state index contributed by atoms with van der Waals surface area (Å²) in [5, 5.41) is 9.41. The van der Waals surface area contributed by atoms with E-state index in [0.717, 1.165) is 25.7 Å². The van der Waals surface area contributed by atoms with Crippen molar-refractivity contribution in [1.29, 1.82) is 0 Å². The number of carbonyl (C=O) groups is 2. The van der Waals surface area contributed by atoms with E-state index >= 15 is 0 Å². The Morgan fingerprint density at radius 2 is 1.95 bits per heavy atom. The van der Waals surface area contributed by atoms with Gasteiger partial charge in [0.05, 0.1) is 19.8 Å². The molecule has 20 heavy (non-hydrogen) atoms. The zero-order valence-electron chi connectivity index (χ0n) is 11.5. The van der Waals surface area contributed by atoms with Gasteiger partial charge in [0.1, 0.15) is 6.04 Å². The summed E-state index contributed by atoms with van der Waals surface area (Å²) in [6.45, 7) is 1.13. The number of amides is 1. The molecule has 2 saturated heterocycles. The third-order valence-corrected chi connectivity index (χ3v) is 4.72. The van der Waals surface area contributed by atoms with Crippen LogP contribution in [-0.2, 0) is 19.1 Å². The molecular formula is C14H21NO5. The maximum Gasteiger partial charge on any atom is 0.326 e. The number of aliphatic carboxylic acids is 1. The number of hydrogen-bond acceptors (Lipinski definition) is 4. The summed E-state index contributed by atoms with van der Waals surface area (Å²) in [4.78, 5) is 25.7. The molecule has 1 N–H and O–H groups in total. The molecule has 0 radical (unpaired) electrons. The van der Waals surface area contributed by atoms with Gasteiger partial charge < -0.3 is 19.5 Å². The molecule has 3 rings (SSSR count). The predicted molar refractivity (Wildman–Crippen MR) is 69.2 cm³/mol. The molecule has 1 saturated carbocycles. The molecule has 2 aliphatic heterocycles. The van der Waals surface area contributed by atoms with Crippen LogP contribution in [0.4, 0.5) is 0 Å². The standard InChI is InChI=1S/C14H21NO5/c16-13(12-8-19-5-6-20-12)15-10-4-2-1-3-9(10)7-11(15)14(17)18/h9-12H,1-8H2,(H,17,18)/t9-,10-,11-,12+/m0/s1. The maximum absolute atomic E-state index is 12.6. The predicted octanol–water partition coefficient (Wildman–Crippen LogP) is 0.646. The average molecular weight is 283 g/mol. The van der Waals surface area contributed by atoms with Crippen LogP contribution in [0.25, 0.3) is 0 Å². The minimum absolute atomic E-state index is 0.0721. The number of fused-ring (bicyclic) bond motifs is 1. The molecule has 3 fully saturated rings. The Kier molecular flexibility index (Phi) is 3.94. The first kappa shape index (κ1) is 13.8. The van der Waals surface area contributed by atoms with Crippen molar-refractivity contribution < 1.29 is 24.2 Å². The van der Waals surface area contributed by atoms with Gasteiger partial charge in [-0.2, -0.15) is 0 Å². The van der Waals surface area contributed by atoms with Gasteiger partial charge in [0.15, 0.2) is 6.10 Å². The lowest BCUT2D eigenvalue weighted by molar-refractivity contribution is -0.166. The zero-order chi connectivity index (χ0) is 14.1. The van der Waals surface area contributed by atoms with E-state index in [0.29, 0.717) is 25.6 Å². The van der Waals surface area contributed by atoms with Gasteiger partial charge in [-0.1, -0.05) is 12.8 Å². The van der Waals surface area contributed by atoms with E-state index in [9.17, 15) is 14.7 Å². The largest absolute Gasteiger partial charge is 0.480 e. The number of ether oxygens (including phenoxy) is 2. The molecule has 0 aromatic heterocycles. The quantitative estimate of drug-likeness (QED) is 0.805. The number of rotatable bonds is 2. The van der Waals surface area contributed by atoms with Gasteiger partial charge in [-0.25, -0.2) is 4.79 Å². The molecule has 0 aromatic rings. The van der Waals surface area contributed by atoms with Crippen LogP contribution in [-0.4, -0.2) is 59.9 Å². The van der Waals surface area contributed by atoms with E-state index in [1.165, 1.54) is 0 Å². The highest BCUT2D eigenvalue weighted by Crippen LogP contribution is 2.40. The van der Waals surface area contributed by atoms with Crippen molar-refractivity contribution in [2.45, 2.75) is 50.3 Å². The maximum atomic E-state index is 12.6. The number of carbonyl (C=O) groups excluding carboxylic acids is 1. The number of hydrogen-bond donors (Lipinski definition) is 1. The van der Waals surface area contributed by atoms with Crippen LogP contribution in [0.15, 0.2) is 0 Å². The molecule has 1 amide bonds. The fourth-order valence-corrected chi connectivity index (χ4v) is 3.79. The Labute approximate surface area is 118 Å². The van der Waals surface area contributed by atoms with Crippen molar-refractivity contribution in [3.05, 3.63) is 0 Å². The summed E-state index contributed by atoms with van der Waals surface area (Å²) in [5.41, 5.74) is 0. The van der Waals surface area contributed by atoms with Gasteiger partial charge in [-0.3, -0.25) is 4.79 Å². The van der Waals surface area contributed by atoms with Crippen molar-refractivity contribution in [3.8, 4) is 0 Å². The van der Waals surface area contributed by atoms with E-state index in [1.807, 2.05) is 0 Å². The Hall–Kier alpha value is -1.14. The first-order valence-electron chi connectivity index (χ1n) is 7.43. The summed E-state index contributed by atoms with van der Waals surface area (Å²) < 4.78 is 10.7. The lowest BCUT2D eigenvalue weighted by Crippen LogP contribution is -2.53. The second-order valence-corrected chi connectivity index (χ2v) is 5.88. The first-order chi connectivity index (χ1) is 9.68. The Bertz CT molecular complexity index is 393.